The minimum absolute atomic E-state index is 0.0324. The third-order valence-corrected chi connectivity index (χ3v) is 5.47. The lowest BCUT2D eigenvalue weighted by atomic mass is 10.1. The second-order valence-corrected chi connectivity index (χ2v) is 8.23. The number of rotatable bonds is 6. The Kier molecular flexibility index (Phi) is 6.88. The van der Waals surface area contributed by atoms with Crippen molar-refractivity contribution in [2.75, 3.05) is 5.32 Å². The Balaban J connectivity index is 1.66. The largest absolute Gasteiger partial charge is 0.435 e. The second kappa shape index (κ2) is 9.10. The Bertz CT molecular complexity index is 1110. The van der Waals surface area contributed by atoms with Crippen LogP contribution in [-0.4, -0.2) is 25.5 Å². The summed E-state index contributed by atoms with van der Waals surface area (Å²) in [6.45, 7) is 3.38. The van der Waals surface area contributed by atoms with Crippen LogP contribution in [-0.2, 0) is 24.1 Å². The van der Waals surface area contributed by atoms with Crippen molar-refractivity contribution in [3.63, 3.8) is 0 Å². The van der Waals surface area contributed by atoms with Gasteiger partial charge in [0.2, 0.25) is 5.91 Å². The summed E-state index contributed by atoms with van der Waals surface area (Å²) in [4.78, 5) is 12.5. The van der Waals surface area contributed by atoms with Gasteiger partial charge in [0, 0.05) is 11.9 Å². The van der Waals surface area contributed by atoms with Crippen molar-refractivity contribution < 1.29 is 18.0 Å². The molecule has 1 unspecified atom stereocenters. The fourth-order valence-electron chi connectivity index (χ4n) is 2.80. The van der Waals surface area contributed by atoms with Gasteiger partial charge in [-0.25, -0.2) is 0 Å². The standard InChI is InChI=1S/C19H17Cl3F3N5O/c1-10(7-30-11(2)5-16(27-30)19(23,24)25)18(31)26-17-15(22)9-29(28-17)8-12-3-4-13(20)14(21)6-12/h3-6,9-10H,7-8H2,1-2H3,(H,26,28,31). The van der Waals surface area contributed by atoms with Gasteiger partial charge < -0.3 is 5.32 Å². The number of halogens is 6. The smallest absolute Gasteiger partial charge is 0.308 e. The molecule has 2 heterocycles. The summed E-state index contributed by atoms with van der Waals surface area (Å²) >= 11 is 18.1. The zero-order chi connectivity index (χ0) is 22.9. The van der Waals surface area contributed by atoms with Crippen LogP contribution in [0, 0.1) is 12.8 Å². The zero-order valence-corrected chi connectivity index (χ0v) is 18.6. The zero-order valence-electron chi connectivity index (χ0n) is 16.3. The molecule has 1 amide bonds. The van der Waals surface area contributed by atoms with Crippen LogP contribution >= 0.6 is 34.8 Å². The lowest BCUT2D eigenvalue weighted by Gasteiger charge is -2.12. The molecular formula is C19H17Cl3F3N5O. The lowest BCUT2D eigenvalue weighted by Crippen LogP contribution is -2.26. The number of hydrogen-bond acceptors (Lipinski definition) is 3. The molecule has 0 saturated carbocycles. The summed E-state index contributed by atoms with van der Waals surface area (Å²) in [5.74, 6) is -0.993. The molecule has 0 radical (unpaired) electrons. The molecule has 0 spiro atoms. The number of benzene rings is 1. The van der Waals surface area contributed by atoms with E-state index >= 15 is 0 Å². The van der Waals surface area contributed by atoms with E-state index in [2.05, 4.69) is 15.5 Å². The Morgan fingerprint density at radius 1 is 1.13 bits per heavy atom. The lowest BCUT2D eigenvalue weighted by molar-refractivity contribution is -0.141. The number of nitrogens with one attached hydrogen (secondary N) is 1. The Labute approximate surface area is 190 Å². The summed E-state index contributed by atoms with van der Waals surface area (Å²) in [6, 6.07) is 6.08. The maximum absolute atomic E-state index is 12.8. The van der Waals surface area contributed by atoms with Crippen LogP contribution < -0.4 is 5.32 Å². The molecule has 0 aliphatic carbocycles. The van der Waals surface area contributed by atoms with E-state index in [9.17, 15) is 18.0 Å². The second-order valence-electron chi connectivity index (χ2n) is 7.01. The van der Waals surface area contributed by atoms with Crippen molar-refractivity contribution in [2.24, 2.45) is 5.92 Å². The van der Waals surface area contributed by atoms with Crippen LogP contribution in [0.1, 0.15) is 23.9 Å². The molecule has 12 heteroatoms. The summed E-state index contributed by atoms with van der Waals surface area (Å²) in [6.07, 6.45) is -3.01. The van der Waals surface area contributed by atoms with Crippen molar-refractivity contribution >= 4 is 46.5 Å². The van der Waals surface area contributed by atoms with Gasteiger partial charge in [0.05, 0.1) is 29.1 Å². The first-order valence-corrected chi connectivity index (χ1v) is 10.2. The number of hydrogen-bond donors (Lipinski definition) is 1. The maximum Gasteiger partial charge on any atom is 0.435 e. The predicted molar refractivity (Wildman–Crippen MR) is 113 cm³/mol. The number of carbonyl (C=O) groups excluding carboxylic acids is 1. The van der Waals surface area contributed by atoms with Crippen molar-refractivity contribution in [1.29, 1.82) is 0 Å². The number of anilines is 1. The highest BCUT2D eigenvalue weighted by Gasteiger charge is 2.34. The molecule has 0 fully saturated rings. The van der Waals surface area contributed by atoms with Crippen molar-refractivity contribution in [2.45, 2.75) is 33.1 Å². The van der Waals surface area contributed by atoms with E-state index in [0.717, 1.165) is 16.3 Å². The van der Waals surface area contributed by atoms with Crippen molar-refractivity contribution in [3.05, 3.63) is 62.5 Å². The number of nitrogens with zero attached hydrogens (tertiary/aromatic N) is 4. The van der Waals surface area contributed by atoms with Gasteiger partial charge in [-0.05, 0) is 30.7 Å². The molecule has 3 rings (SSSR count). The third-order valence-electron chi connectivity index (χ3n) is 4.45. The molecule has 31 heavy (non-hydrogen) atoms. The number of amides is 1. The van der Waals surface area contributed by atoms with E-state index in [1.807, 2.05) is 0 Å². The Morgan fingerprint density at radius 3 is 2.45 bits per heavy atom. The number of aryl methyl sites for hydroxylation is 1. The number of carbonyl (C=O) groups is 1. The normalized spacial score (nSPS) is 12.8. The quantitative estimate of drug-likeness (QED) is 0.479. The fourth-order valence-corrected chi connectivity index (χ4v) is 3.32. The Morgan fingerprint density at radius 2 is 1.84 bits per heavy atom. The molecule has 1 atom stereocenters. The molecule has 0 aliphatic heterocycles. The van der Waals surface area contributed by atoms with Crippen LogP contribution in [0.3, 0.4) is 0 Å². The minimum Gasteiger partial charge on any atom is -0.308 e. The number of aromatic nitrogens is 4. The Hall–Kier alpha value is -2.23. The van der Waals surface area contributed by atoms with Crippen LogP contribution in [0.5, 0.6) is 0 Å². The van der Waals surface area contributed by atoms with E-state index < -0.39 is 23.7 Å². The maximum atomic E-state index is 12.8. The van der Waals surface area contributed by atoms with Gasteiger partial charge in [0.25, 0.3) is 0 Å². The van der Waals surface area contributed by atoms with Crippen LogP contribution in [0.15, 0.2) is 30.5 Å². The highest BCUT2D eigenvalue weighted by Crippen LogP contribution is 2.29. The van der Waals surface area contributed by atoms with Crippen molar-refractivity contribution in [3.8, 4) is 0 Å². The molecule has 1 aromatic carbocycles. The van der Waals surface area contributed by atoms with E-state index in [4.69, 9.17) is 34.8 Å². The van der Waals surface area contributed by atoms with Gasteiger partial charge in [0.15, 0.2) is 11.5 Å². The molecule has 3 aromatic rings. The average Bonchev–Trinajstić information content (AvgIpc) is 3.20. The monoisotopic (exact) mass is 493 g/mol. The summed E-state index contributed by atoms with van der Waals surface area (Å²) in [7, 11) is 0. The van der Waals surface area contributed by atoms with E-state index in [1.165, 1.54) is 17.8 Å². The first kappa shape index (κ1) is 23.4. The summed E-state index contributed by atoms with van der Waals surface area (Å²) < 4.78 is 41.1. The molecule has 1 N–H and O–H groups in total. The molecule has 0 aliphatic rings. The number of alkyl halides is 3. The molecular weight excluding hydrogens is 478 g/mol. The van der Waals surface area contributed by atoms with Gasteiger partial charge in [-0.2, -0.15) is 23.4 Å². The topological polar surface area (TPSA) is 64.7 Å². The van der Waals surface area contributed by atoms with Crippen molar-refractivity contribution in [1.82, 2.24) is 19.6 Å². The van der Waals surface area contributed by atoms with Gasteiger partial charge in [-0.1, -0.05) is 47.8 Å². The highest BCUT2D eigenvalue weighted by atomic mass is 35.5. The van der Waals surface area contributed by atoms with E-state index in [0.29, 0.717) is 22.3 Å². The highest BCUT2D eigenvalue weighted by molar-refractivity contribution is 6.42. The van der Waals surface area contributed by atoms with E-state index in [1.54, 1.807) is 25.1 Å². The molecule has 6 nitrogen and oxygen atoms in total. The minimum atomic E-state index is -4.55. The van der Waals surface area contributed by atoms with Gasteiger partial charge in [-0.15, -0.1) is 0 Å². The molecule has 0 saturated heterocycles. The SMILES string of the molecule is Cc1cc(C(F)(F)F)nn1CC(C)C(=O)Nc1nn(Cc2ccc(Cl)c(Cl)c2)cc1Cl. The van der Waals surface area contributed by atoms with Gasteiger partial charge in [-0.3, -0.25) is 14.2 Å². The van der Waals surface area contributed by atoms with Gasteiger partial charge >= 0.3 is 6.18 Å². The summed E-state index contributed by atoms with van der Waals surface area (Å²) in [5.41, 5.74) is 0.132. The summed E-state index contributed by atoms with van der Waals surface area (Å²) in [5, 5.41) is 11.4. The first-order valence-electron chi connectivity index (χ1n) is 9.03. The predicted octanol–water partition coefficient (Wildman–Crippen LogP) is 5.69. The third kappa shape index (κ3) is 5.72. The molecule has 0 bridgehead atoms. The van der Waals surface area contributed by atoms with Crippen LogP contribution in [0.25, 0.3) is 0 Å². The average molecular weight is 495 g/mol. The first-order chi connectivity index (χ1) is 14.4. The fraction of sp³-hybridized carbons (Fsp3) is 0.316. The van der Waals surface area contributed by atoms with Crippen LogP contribution in [0.2, 0.25) is 15.1 Å². The van der Waals surface area contributed by atoms with E-state index in [-0.39, 0.29) is 17.4 Å². The van der Waals surface area contributed by atoms with Crippen LogP contribution in [0.4, 0.5) is 19.0 Å². The molecule has 166 valence electrons. The molecule has 2 aromatic heterocycles. The van der Waals surface area contributed by atoms with Gasteiger partial charge in [0.1, 0.15) is 5.02 Å².